The molecule has 1 rings (SSSR count). The van der Waals surface area contributed by atoms with E-state index < -0.39 is 5.54 Å². The molecule has 4 nitrogen and oxygen atoms in total. The number of carbonyl (C=O) groups is 2. The number of nitrogens with zero attached hydrogens (tertiary/aromatic N) is 1. The van der Waals surface area contributed by atoms with Gasteiger partial charge in [-0.1, -0.05) is 52.4 Å². The molecule has 0 spiro atoms. The molecule has 0 saturated carbocycles. The standard InChI is InChI=1S/C17H32N2O2/c1-5-7-8-9-10-11-13-19-15(20)14(12-6-2)18-16(21)17(19,3)4/h14H,5-13H2,1-4H3,(H,18,21). The number of rotatable bonds is 9. The first-order valence-electron chi connectivity index (χ1n) is 8.57. The van der Waals surface area contributed by atoms with Crippen molar-refractivity contribution < 1.29 is 9.59 Å². The van der Waals surface area contributed by atoms with Crippen molar-refractivity contribution in [3.63, 3.8) is 0 Å². The summed E-state index contributed by atoms with van der Waals surface area (Å²) in [7, 11) is 0. The summed E-state index contributed by atoms with van der Waals surface area (Å²) < 4.78 is 0. The Hall–Kier alpha value is -1.06. The van der Waals surface area contributed by atoms with Crippen molar-refractivity contribution in [2.75, 3.05) is 6.54 Å². The highest BCUT2D eigenvalue weighted by molar-refractivity contribution is 5.99. The van der Waals surface area contributed by atoms with Gasteiger partial charge in [-0.05, 0) is 26.7 Å². The SMILES string of the molecule is CCCCCCCCN1C(=O)C(CCC)NC(=O)C1(C)C. The van der Waals surface area contributed by atoms with E-state index >= 15 is 0 Å². The van der Waals surface area contributed by atoms with Crippen LogP contribution >= 0.6 is 0 Å². The van der Waals surface area contributed by atoms with Gasteiger partial charge in [0.15, 0.2) is 0 Å². The molecule has 0 aromatic rings. The fourth-order valence-corrected chi connectivity index (χ4v) is 2.91. The highest BCUT2D eigenvalue weighted by atomic mass is 16.2. The van der Waals surface area contributed by atoms with Gasteiger partial charge in [0.2, 0.25) is 11.8 Å². The summed E-state index contributed by atoms with van der Waals surface area (Å²) in [5, 5.41) is 2.88. The van der Waals surface area contributed by atoms with Gasteiger partial charge in [0.1, 0.15) is 11.6 Å². The number of nitrogens with one attached hydrogen (secondary N) is 1. The van der Waals surface area contributed by atoms with Crippen LogP contribution in [0.15, 0.2) is 0 Å². The van der Waals surface area contributed by atoms with Crippen LogP contribution in [0, 0.1) is 0 Å². The molecule has 1 saturated heterocycles. The van der Waals surface area contributed by atoms with E-state index in [0.29, 0.717) is 6.54 Å². The normalized spacial score (nSPS) is 21.5. The molecular weight excluding hydrogens is 264 g/mol. The number of hydrogen-bond donors (Lipinski definition) is 1. The van der Waals surface area contributed by atoms with Crippen molar-refractivity contribution in [2.45, 2.75) is 90.6 Å². The molecule has 1 heterocycles. The third-order valence-electron chi connectivity index (χ3n) is 4.41. The largest absolute Gasteiger partial charge is 0.342 e. The van der Waals surface area contributed by atoms with Gasteiger partial charge in [-0.2, -0.15) is 0 Å². The Morgan fingerprint density at radius 2 is 1.62 bits per heavy atom. The van der Waals surface area contributed by atoms with E-state index in [4.69, 9.17) is 0 Å². The first-order valence-corrected chi connectivity index (χ1v) is 8.57. The van der Waals surface area contributed by atoms with E-state index in [0.717, 1.165) is 25.7 Å². The van der Waals surface area contributed by atoms with E-state index in [1.165, 1.54) is 25.7 Å². The van der Waals surface area contributed by atoms with Crippen molar-refractivity contribution >= 4 is 11.8 Å². The maximum absolute atomic E-state index is 12.6. The first-order chi connectivity index (χ1) is 9.95. The third kappa shape index (κ3) is 4.72. The van der Waals surface area contributed by atoms with Crippen LogP contribution in [0.2, 0.25) is 0 Å². The number of piperazine rings is 1. The average molecular weight is 296 g/mol. The smallest absolute Gasteiger partial charge is 0.246 e. The van der Waals surface area contributed by atoms with E-state index in [9.17, 15) is 9.59 Å². The fraction of sp³-hybridized carbons (Fsp3) is 0.882. The molecule has 1 aliphatic heterocycles. The van der Waals surface area contributed by atoms with Crippen LogP contribution in [-0.2, 0) is 9.59 Å². The van der Waals surface area contributed by atoms with E-state index in [2.05, 4.69) is 12.2 Å². The summed E-state index contributed by atoms with van der Waals surface area (Å²) in [4.78, 5) is 26.6. The van der Waals surface area contributed by atoms with Gasteiger partial charge in [-0.15, -0.1) is 0 Å². The summed E-state index contributed by atoms with van der Waals surface area (Å²) in [6.45, 7) is 8.64. The van der Waals surface area contributed by atoms with Gasteiger partial charge < -0.3 is 10.2 Å². The molecule has 0 aromatic heterocycles. The summed E-state index contributed by atoms with van der Waals surface area (Å²) >= 11 is 0. The zero-order valence-corrected chi connectivity index (χ0v) is 14.2. The average Bonchev–Trinajstić information content (AvgIpc) is 2.43. The Morgan fingerprint density at radius 1 is 1.00 bits per heavy atom. The molecule has 0 aliphatic carbocycles. The van der Waals surface area contributed by atoms with Crippen molar-refractivity contribution in [3.8, 4) is 0 Å². The molecule has 1 fully saturated rings. The molecule has 4 heteroatoms. The van der Waals surface area contributed by atoms with Gasteiger partial charge in [0.25, 0.3) is 0 Å². The zero-order chi connectivity index (χ0) is 15.9. The van der Waals surface area contributed by atoms with Crippen molar-refractivity contribution in [2.24, 2.45) is 0 Å². The fourth-order valence-electron chi connectivity index (χ4n) is 2.91. The Balaban J connectivity index is 2.54. The maximum atomic E-state index is 12.6. The molecule has 122 valence electrons. The van der Waals surface area contributed by atoms with E-state index in [1.807, 2.05) is 20.8 Å². The minimum Gasteiger partial charge on any atom is -0.342 e. The van der Waals surface area contributed by atoms with Gasteiger partial charge in [-0.25, -0.2) is 0 Å². The second-order valence-corrected chi connectivity index (χ2v) is 6.63. The van der Waals surface area contributed by atoms with Crippen LogP contribution in [0.25, 0.3) is 0 Å². The molecule has 1 unspecified atom stereocenters. The van der Waals surface area contributed by atoms with Crippen LogP contribution in [0.1, 0.15) is 79.1 Å². The van der Waals surface area contributed by atoms with E-state index in [-0.39, 0.29) is 17.9 Å². The van der Waals surface area contributed by atoms with Crippen LogP contribution < -0.4 is 5.32 Å². The zero-order valence-electron chi connectivity index (χ0n) is 14.2. The lowest BCUT2D eigenvalue weighted by molar-refractivity contribution is -0.155. The topological polar surface area (TPSA) is 49.4 Å². The van der Waals surface area contributed by atoms with Crippen LogP contribution in [0.5, 0.6) is 0 Å². The minimum atomic E-state index is -0.718. The van der Waals surface area contributed by atoms with Crippen molar-refractivity contribution in [1.29, 1.82) is 0 Å². The Morgan fingerprint density at radius 3 is 2.24 bits per heavy atom. The number of hydrogen-bond acceptors (Lipinski definition) is 2. The number of amides is 2. The lowest BCUT2D eigenvalue weighted by Gasteiger charge is -2.44. The Labute approximate surface area is 129 Å². The van der Waals surface area contributed by atoms with Crippen LogP contribution in [0.4, 0.5) is 0 Å². The van der Waals surface area contributed by atoms with Crippen molar-refractivity contribution in [1.82, 2.24) is 10.2 Å². The lowest BCUT2D eigenvalue weighted by atomic mass is 9.93. The van der Waals surface area contributed by atoms with Crippen molar-refractivity contribution in [3.05, 3.63) is 0 Å². The molecule has 0 bridgehead atoms. The van der Waals surface area contributed by atoms with Gasteiger partial charge >= 0.3 is 0 Å². The Kier molecular flexibility index (Phi) is 7.20. The van der Waals surface area contributed by atoms with Gasteiger partial charge in [0, 0.05) is 6.54 Å². The third-order valence-corrected chi connectivity index (χ3v) is 4.41. The lowest BCUT2D eigenvalue weighted by Crippen LogP contribution is -2.68. The second-order valence-electron chi connectivity index (χ2n) is 6.63. The van der Waals surface area contributed by atoms with E-state index in [1.54, 1.807) is 4.90 Å². The molecule has 0 aromatic carbocycles. The monoisotopic (exact) mass is 296 g/mol. The molecule has 2 amide bonds. The quantitative estimate of drug-likeness (QED) is 0.664. The highest BCUT2D eigenvalue weighted by Gasteiger charge is 2.45. The summed E-state index contributed by atoms with van der Waals surface area (Å²) in [6, 6.07) is -0.324. The predicted octanol–water partition coefficient (Wildman–Crippen LogP) is 3.25. The molecule has 1 atom stereocenters. The summed E-state index contributed by atoms with van der Waals surface area (Å²) in [5.41, 5.74) is -0.718. The maximum Gasteiger partial charge on any atom is 0.246 e. The second kappa shape index (κ2) is 8.40. The predicted molar refractivity (Wildman–Crippen MR) is 86.0 cm³/mol. The number of carbonyl (C=O) groups excluding carboxylic acids is 2. The molecule has 21 heavy (non-hydrogen) atoms. The molecule has 1 N–H and O–H groups in total. The van der Waals surface area contributed by atoms with Gasteiger partial charge in [-0.3, -0.25) is 9.59 Å². The summed E-state index contributed by atoms with van der Waals surface area (Å²) in [6.07, 6.45) is 8.79. The van der Waals surface area contributed by atoms with Gasteiger partial charge in [0.05, 0.1) is 0 Å². The molecular formula is C17H32N2O2. The number of unbranched alkanes of at least 4 members (excludes halogenated alkanes) is 5. The first kappa shape index (κ1) is 18.0. The Bertz CT molecular complexity index is 353. The minimum absolute atomic E-state index is 0.0217. The van der Waals surface area contributed by atoms with Crippen LogP contribution in [-0.4, -0.2) is 34.8 Å². The molecule has 0 radical (unpaired) electrons. The summed E-state index contributed by atoms with van der Waals surface area (Å²) in [5.74, 6) is 0.0709. The highest BCUT2D eigenvalue weighted by Crippen LogP contribution is 2.23. The van der Waals surface area contributed by atoms with Crippen LogP contribution in [0.3, 0.4) is 0 Å². The molecule has 1 aliphatic rings.